The number of rotatable bonds is 6. The van der Waals surface area contributed by atoms with Gasteiger partial charge in [-0.15, -0.1) is 11.3 Å². The fraction of sp³-hybridized carbons (Fsp3) is 0.500. The molecule has 1 amide bonds. The lowest BCUT2D eigenvalue weighted by Gasteiger charge is -2.29. The Morgan fingerprint density at radius 1 is 1.23 bits per heavy atom. The van der Waals surface area contributed by atoms with Gasteiger partial charge >= 0.3 is 0 Å². The molecule has 0 spiro atoms. The molecule has 0 saturated carbocycles. The molecule has 1 aromatic heterocycles. The van der Waals surface area contributed by atoms with Crippen LogP contribution in [0.1, 0.15) is 29.4 Å². The number of nitrogens with zero attached hydrogens (tertiary/aromatic N) is 2. The maximum atomic E-state index is 13.5. The standard InChI is InChI=1S/C22H28N2O4S2/c1-2-9-24(18-8-14-30(26,27)16-18)21(25)20-15-19(17-6-4-3-5-7-17)22(29-20)23-10-12-28-13-11-23/h3-7,15,18H,2,8-14,16H2,1H3. The second kappa shape index (κ2) is 9.08. The fourth-order valence-electron chi connectivity index (χ4n) is 4.17. The van der Waals surface area contributed by atoms with Gasteiger partial charge in [0.15, 0.2) is 9.84 Å². The Morgan fingerprint density at radius 2 is 1.97 bits per heavy atom. The summed E-state index contributed by atoms with van der Waals surface area (Å²) >= 11 is 1.51. The first kappa shape index (κ1) is 21.3. The predicted octanol–water partition coefficient (Wildman–Crippen LogP) is 3.29. The second-order valence-corrected chi connectivity index (χ2v) is 11.1. The molecule has 162 valence electrons. The van der Waals surface area contributed by atoms with Gasteiger partial charge in [0.1, 0.15) is 0 Å². The van der Waals surface area contributed by atoms with Crippen molar-refractivity contribution < 1.29 is 17.9 Å². The minimum Gasteiger partial charge on any atom is -0.378 e. The number of carbonyl (C=O) groups is 1. The zero-order valence-electron chi connectivity index (χ0n) is 17.2. The normalized spacial score (nSPS) is 21.0. The number of benzene rings is 1. The van der Waals surface area contributed by atoms with Gasteiger partial charge < -0.3 is 14.5 Å². The SMILES string of the molecule is CCCN(C(=O)c1cc(-c2ccccc2)c(N2CCOCC2)s1)C1CCS(=O)(=O)C1. The number of anilines is 1. The summed E-state index contributed by atoms with van der Waals surface area (Å²) in [5.74, 6) is 0.191. The van der Waals surface area contributed by atoms with Crippen LogP contribution in [0.5, 0.6) is 0 Å². The number of hydrogen-bond acceptors (Lipinski definition) is 6. The minimum atomic E-state index is -3.05. The molecule has 1 aromatic carbocycles. The summed E-state index contributed by atoms with van der Waals surface area (Å²) in [6, 6.07) is 11.9. The molecule has 0 radical (unpaired) electrons. The summed E-state index contributed by atoms with van der Waals surface area (Å²) in [6.45, 7) is 5.55. The molecule has 0 bridgehead atoms. The lowest BCUT2D eigenvalue weighted by molar-refractivity contribution is 0.0702. The number of morpholine rings is 1. The van der Waals surface area contributed by atoms with Gasteiger partial charge in [-0.2, -0.15) is 0 Å². The minimum absolute atomic E-state index is 0.0550. The van der Waals surface area contributed by atoms with E-state index < -0.39 is 9.84 Å². The van der Waals surface area contributed by atoms with Gasteiger partial charge in [-0.3, -0.25) is 4.79 Å². The number of amides is 1. The third kappa shape index (κ3) is 4.55. The van der Waals surface area contributed by atoms with Crippen molar-refractivity contribution in [2.45, 2.75) is 25.8 Å². The molecule has 0 aliphatic carbocycles. The number of carbonyl (C=O) groups excluding carboxylic acids is 1. The van der Waals surface area contributed by atoms with Crippen molar-refractivity contribution in [3.8, 4) is 11.1 Å². The molecule has 4 rings (SSSR count). The van der Waals surface area contributed by atoms with Gasteiger partial charge in [-0.05, 0) is 24.5 Å². The van der Waals surface area contributed by atoms with E-state index in [1.807, 2.05) is 31.2 Å². The number of hydrogen-bond donors (Lipinski definition) is 0. The van der Waals surface area contributed by atoms with Crippen molar-refractivity contribution in [3.05, 3.63) is 41.3 Å². The first-order valence-corrected chi connectivity index (χ1v) is 13.2. The van der Waals surface area contributed by atoms with Crippen LogP contribution in [0.25, 0.3) is 11.1 Å². The van der Waals surface area contributed by atoms with Crippen LogP contribution < -0.4 is 4.90 Å². The van der Waals surface area contributed by atoms with Crippen molar-refractivity contribution in [1.82, 2.24) is 4.90 Å². The summed E-state index contributed by atoms with van der Waals surface area (Å²) < 4.78 is 29.5. The molecule has 1 unspecified atom stereocenters. The molecule has 2 saturated heterocycles. The van der Waals surface area contributed by atoms with Crippen LogP contribution in [0.4, 0.5) is 5.00 Å². The first-order valence-electron chi connectivity index (χ1n) is 10.5. The second-order valence-electron chi connectivity index (χ2n) is 7.85. The lowest BCUT2D eigenvalue weighted by Crippen LogP contribution is -2.41. The fourth-order valence-corrected chi connectivity index (χ4v) is 7.09. The van der Waals surface area contributed by atoms with Gasteiger partial charge in [0.05, 0.1) is 34.6 Å². The molecule has 2 aliphatic heterocycles. The molecular formula is C22H28N2O4S2. The summed E-state index contributed by atoms with van der Waals surface area (Å²) in [5, 5.41) is 1.09. The predicted molar refractivity (Wildman–Crippen MR) is 121 cm³/mol. The first-order chi connectivity index (χ1) is 14.5. The molecule has 30 heavy (non-hydrogen) atoms. The average Bonchev–Trinajstić information content (AvgIpc) is 3.36. The van der Waals surface area contributed by atoms with Gasteiger partial charge in [0, 0.05) is 31.2 Å². The lowest BCUT2D eigenvalue weighted by atomic mass is 10.1. The molecule has 2 aliphatic rings. The maximum Gasteiger partial charge on any atom is 0.264 e. The Labute approximate surface area is 182 Å². The van der Waals surface area contributed by atoms with Crippen LogP contribution in [0.2, 0.25) is 0 Å². The van der Waals surface area contributed by atoms with E-state index in [0.29, 0.717) is 31.1 Å². The van der Waals surface area contributed by atoms with E-state index >= 15 is 0 Å². The Balaban J connectivity index is 1.68. The zero-order chi connectivity index (χ0) is 21.1. The third-order valence-corrected chi connectivity index (χ3v) is 8.62. The molecule has 0 N–H and O–H groups in total. The van der Waals surface area contributed by atoms with Crippen LogP contribution in [-0.2, 0) is 14.6 Å². The van der Waals surface area contributed by atoms with Crippen molar-refractivity contribution in [2.75, 3.05) is 49.3 Å². The summed E-state index contributed by atoms with van der Waals surface area (Å²) in [4.78, 5) is 18.3. The molecular weight excluding hydrogens is 420 g/mol. The van der Waals surface area contributed by atoms with E-state index in [-0.39, 0.29) is 23.5 Å². The van der Waals surface area contributed by atoms with Crippen LogP contribution in [0.15, 0.2) is 36.4 Å². The van der Waals surface area contributed by atoms with E-state index in [4.69, 9.17) is 4.74 Å². The molecule has 2 aromatic rings. The number of ether oxygens (including phenoxy) is 1. The van der Waals surface area contributed by atoms with Crippen molar-refractivity contribution in [3.63, 3.8) is 0 Å². The quantitative estimate of drug-likeness (QED) is 0.678. The topological polar surface area (TPSA) is 66.9 Å². The molecule has 1 atom stereocenters. The van der Waals surface area contributed by atoms with Crippen molar-refractivity contribution in [1.29, 1.82) is 0 Å². The van der Waals surface area contributed by atoms with Crippen LogP contribution in [0, 0.1) is 0 Å². The van der Waals surface area contributed by atoms with Crippen molar-refractivity contribution >= 4 is 32.1 Å². The molecule has 8 heteroatoms. The maximum absolute atomic E-state index is 13.5. The highest BCUT2D eigenvalue weighted by Gasteiger charge is 2.35. The zero-order valence-corrected chi connectivity index (χ0v) is 18.9. The number of sulfone groups is 1. The van der Waals surface area contributed by atoms with E-state index in [1.165, 1.54) is 11.3 Å². The monoisotopic (exact) mass is 448 g/mol. The largest absolute Gasteiger partial charge is 0.378 e. The van der Waals surface area contributed by atoms with Gasteiger partial charge in [-0.25, -0.2) is 8.42 Å². The molecule has 6 nitrogen and oxygen atoms in total. The van der Waals surface area contributed by atoms with Crippen LogP contribution in [0.3, 0.4) is 0 Å². The van der Waals surface area contributed by atoms with Crippen LogP contribution >= 0.6 is 11.3 Å². The highest BCUT2D eigenvalue weighted by atomic mass is 32.2. The van der Waals surface area contributed by atoms with Gasteiger partial charge in [0.2, 0.25) is 0 Å². The van der Waals surface area contributed by atoms with Crippen LogP contribution in [-0.4, -0.2) is 69.6 Å². The average molecular weight is 449 g/mol. The summed E-state index contributed by atoms with van der Waals surface area (Å²) in [6.07, 6.45) is 1.33. The summed E-state index contributed by atoms with van der Waals surface area (Å²) in [7, 11) is -3.05. The Bertz CT molecular complexity index is 982. The van der Waals surface area contributed by atoms with Gasteiger partial charge in [-0.1, -0.05) is 37.3 Å². The third-order valence-electron chi connectivity index (χ3n) is 5.68. The Hall–Kier alpha value is -1.90. The molecule has 3 heterocycles. The smallest absolute Gasteiger partial charge is 0.264 e. The van der Waals surface area contributed by atoms with E-state index in [1.54, 1.807) is 4.90 Å². The summed E-state index contributed by atoms with van der Waals surface area (Å²) in [5.41, 5.74) is 2.14. The van der Waals surface area contributed by atoms with Crippen molar-refractivity contribution in [2.24, 2.45) is 0 Å². The van der Waals surface area contributed by atoms with E-state index in [0.717, 1.165) is 35.6 Å². The van der Waals surface area contributed by atoms with E-state index in [9.17, 15) is 13.2 Å². The highest BCUT2D eigenvalue weighted by molar-refractivity contribution is 7.91. The number of thiophene rings is 1. The highest BCUT2D eigenvalue weighted by Crippen LogP contribution is 2.40. The Morgan fingerprint density at radius 3 is 2.60 bits per heavy atom. The van der Waals surface area contributed by atoms with Gasteiger partial charge in [0.25, 0.3) is 5.91 Å². The Kier molecular flexibility index (Phi) is 6.46. The molecule has 2 fully saturated rings. The van der Waals surface area contributed by atoms with E-state index in [2.05, 4.69) is 17.0 Å².